The zero-order chi connectivity index (χ0) is 65.7. The Morgan fingerprint density at radius 1 is 0.467 bits per heavy atom. The van der Waals surface area contributed by atoms with Crippen LogP contribution in [0.5, 0.6) is 0 Å². The molecule has 0 saturated heterocycles. The summed E-state index contributed by atoms with van der Waals surface area (Å²) >= 11 is 0. The van der Waals surface area contributed by atoms with E-state index in [1.807, 2.05) is 0 Å². The van der Waals surface area contributed by atoms with Gasteiger partial charge >= 0.3 is 5.97 Å². The molecule has 3 N–H and O–H groups in total. The lowest BCUT2D eigenvalue weighted by atomic mass is 9.81. The number of rotatable bonds is 26. The molecule has 11 heteroatoms. The number of quaternary nitrogens is 4. The predicted octanol–water partition coefficient (Wildman–Crippen LogP) is 14.6. The van der Waals surface area contributed by atoms with Crippen LogP contribution in [0.25, 0.3) is 0 Å². The Morgan fingerprint density at radius 2 is 0.822 bits per heavy atom. The average Bonchev–Trinajstić information content (AvgIpc) is 1.64. The molecule has 0 aliphatic carbocycles. The molecule has 0 spiro atoms. The first-order chi connectivity index (χ1) is 42.4. The number of carboxylic acid groups (broad SMARTS) is 1. The number of carboxylic acids is 1. The van der Waals surface area contributed by atoms with Crippen LogP contribution in [0, 0.1) is 0 Å². The summed E-state index contributed by atoms with van der Waals surface area (Å²) in [6, 6.07) is 44.8. The van der Waals surface area contributed by atoms with E-state index in [9.17, 15) is 4.79 Å². The molecule has 0 amide bonds. The molecule has 0 atom stereocenters. The first-order valence-corrected chi connectivity index (χ1v) is 33.7. The number of aliphatic carboxylic acids is 1. The molecule has 0 aromatic heterocycles. The first-order valence-electron chi connectivity index (χ1n) is 33.7. The van der Waals surface area contributed by atoms with Crippen LogP contribution in [0.1, 0.15) is 124 Å². The molecule has 5 aromatic rings. The van der Waals surface area contributed by atoms with Gasteiger partial charge in [-0.25, -0.2) is 0 Å². The van der Waals surface area contributed by atoms with E-state index >= 15 is 0 Å². The molecule has 4 heterocycles. The smallest absolute Gasteiger partial charge is 0.309 e. The summed E-state index contributed by atoms with van der Waals surface area (Å²) in [5.74, 6) is -0.711. The summed E-state index contributed by atoms with van der Waals surface area (Å²) < 4.78 is 8.58. The van der Waals surface area contributed by atoms with Gasteiger partial charge in [0.15, 0.2) is 24.5 Å². The molecule has 90 heavy (non-hydrogen) atoms. The quantitative estimate of drug-likeness (QED) is 0.0426. The van der Waals surface area contributed by atoms with Gasteiger partial charge in [-0.05, 0) is 83.5 Å². The van der Waals surface area contributed by atoms with Gasteiger partial charge in [0.05, 0.1) is 126 Å². The zero-order valence-corrected chi connectivity index (χ0v) is 58.8. The van der Waals surface area contributed by atoms with E-state index in [1.54, 1.807) is 0 Å². The molecule has 9 rings (SSSR count). The molecular weight excluding hydrogens is 1110 g/mol. The van der Waals surface area contributed by atoms with E-state index in [0.717, 1.165) is 109 Å². The summed E-state index contributed by atoms with van der Waals surface area (Å²) in [5, 5.41) is 9.08. The van der Waals surface area contributed by atoms with Crippen LogP contribution >= 0.6 is 0 Å². The SMILES string of the molecule is CCN1/C(=C/C=C/C2=[N+](CCC[N+](C)(C)CCC[N+](C)(C)CCC(=O)O)c3ccccc3C2(C)C)C(C)(C)c2ccccc21.CCN1/C(=C/C=C/C2=[N+](CCC[N+](C)(C)c3ccc([N+](C)(C)CCCN)cc3)c3ccccc3C2(C)C)C(C)(C)c2ccccc21. The van der Waals surface area contributed by atoms with Gasteiger partial charge in [0.1, 0.15) is 11.4 Å². The van der Waals surface area contributed by atoms with Crippen LogP contribution in [0.3, 0.4) is 0 Å². The number of nitrogens with zero attached hydrogens (tertiary/aromatic N) is 8. The molecule has 5 aromatic carbocycles. The van der Waals surface area contributed by atoms with Crippen molar-refractivity contribution in [2.24, 2.45) is 5.73 Å². The maximum Gasteiger partial charge on any atom is 0.309 e. The van der Waals surface area contributed by atoms with Crippen molar-refractivity contribution in [3.63, 3.8) is 0 Å². The Labute approximate surface area is 544 Å². The molecule has 0 unspecified atom stereocenters. The molecule has 4 aliphatic rings. The molecule has 4 aliphatic heterocycles. The standard InChI is InChI=1S/C41H58N5.C38H56N4O2/c1-10-43-36-20-13-11-18-34(36)40(2,3)38(43)22-15-23-39-41(4,5)35-19-12-14-21-37(35)44(39)29-17-31-46(8,9)33-26-24-32(25-27-33)45(6,7)30-16-28-42;1-10-39-32-20-13-11-18-30(32)37(2,3)34(39)22-15-23-35-38(4,5)31-19-12-14-21-33(31)40(35)25-16-26-41(6,7)27-17-28-42(8,9)29-24-36(43)44/h11-15,18-27H,10,16-17,28-31,42H2,1-9H3;11-15,18-23H,10,16-17,24-29H2,1-9H3/q+3;+2/p+1. The maximum atomic E-state index is 11.0. The molecule has 0 radical (unpaired) electrons. The Bertz CT molecular complexity index is 3550. The molecular formula is C79H115N9O2+6. The molecule has 11 nitrogen and oxygen atoms in total. The van der Waals surface area contributed by atoms with Crippen LogP contribution in [0.2, 0.25) is 0 Å². The highest BCUT2D eigenvalue weighted by Crippen LogP contribution is 2.49. The highest BCUT2D eigenvalue weighted by atomic mass is 16.4. The van der Waals surface area contributed by atoms with Gasteiger partial charge in [-0.2, -0.15) is 9.15 Å². The Kier molecular flexibility index (Phi) is 21.2. The number of carbonyl (C=O) groups is 1. The van der Waals surface area contributed by atoms with Crippen LogP contribution in [-0.2, 0) is 26.5 Å². The number of benzene rings is 5. The van der Waals surface area contributed by atoms with Gasteiger partial charge in [-0.3, -0.25) is 13.8 Å². The Morgan fingerprint density at radius 3 is 1.22 bits per heavy atom. The van der Waals surface area contributed by atoms with Crippen molar-refractivity contribution >= 4 is 51.5 Å². The van der Waals surface area contributed by atoms with Crippen LogP contribution < -0.4 is 24.5 Å². The van der Waals surface area contributed by atoms with Gasteiger partial charge in [0.25, 0.3) is 0 Å². The molecule has 0 bridgehead atoms. The van der Waals surface area contributed by atoms with Crippen LogP contribution in [-0.4, -0.2) is 169 Å². The number of hydrogen-bond donors (Lipinski definition) is 2. The highest BCUT2D eigenvalue weighted by molar-refractivity contribution is 6.04. The van der Waals surface area contributed by atoms with E-state index in [4.69, 9.17) is 10.8 Å². The summed E-state index contributed by atoms with van der Waals surface area (Å²) in [7, 11) is 18.2. The molecule has 482 valence electrons. The third-order valence-electron chi connectivity index (χ3n) is 20.7. The van der Waals surface area contributed by atoms with Crippen molar-refractivity contribution in [1.82, 2.24) is 8.97 Å². The lowest BCUT2D eigenvalue weighted by Gasteiger charge is -2.33. The minimum Gasteiger partial charge on any atom is -0.481 e. The second kappa shape index (κ2) is 27.6. The van der Waals surface area contributed by atoms with Gasteiger partial charge < -0.3 is 29.6 Å². The lowest BCUT2D eigenvalue weighted by molar-refractivity contribution is -0.909. The van der Waals surface area contributed by atoms with Crippen molar-refractivity contribution < 1.29 is 28.0 Å². The van der Waals surface area contributed by atoms with E-state index in [0.29, 0.717) is 6.54 Å². The third-order valence-corrected chi connectivity index (χ3v) is 20.7. The summed E-state index contributed by atoms with van der Waals surface area (Å²) in [5.41, 5.74) is 24.6. The van der Waals surface area contributed by atoms with Crippen molar-refractivity contribution in [3.05, 3.63) is 191 Å². The fraction of sp³-hybridized carbons (Fsp3) is 0.481. The van der Waals surface area contributed by atoms with Crippen molar-refractivity contribution in [2.45, 2.75) is 123 Å². The summed E-state index contributed by atoms with van der Waals surface area (Å²) in [4.78, 5) is 16.0. The fourth-order valence-corrected chi connectivity index (χ4v) is 15.0. The number of nitrogens with two attached hydrogens (primary N) is 1. The molecule has 0 saturated carbocycles. The lowest BCUT2D eigenvalue weighted by Crippen LogP contribution is -2.46. The van der Waals surface area contributed by atoms with Crippen LogP contribution in [0.4, 0.5) is 34.1 Å². The van der Waals surface area contributed by atoms with E-state index in [-0.39, 0.29) is 28.1 Å². The van der Waals surface area contributed by atoms with E-state index in [2.05, 4.69) is 302 Å². The Hall–Kier alpha value is -6.73. The van der Waals surface area contributed by atoms with Gasteiger partial charge in [0, 0.05) is 119 Å². The number of likely N-dealkylation sites (N-methyl/N-ethyl adjacent to an activating group) is 2. The highest BCUT2D eigenvalue weighted by Gasteiger charge is 2.46. The number of anilines is 2. The molecule has 0 fully saturated rings. The average molecular weight is 1220 g/mol. The zero-order valence-electron chi connectivity index (χ0n) is 58.8. The third kappa shape index (κ3) is 14.8. The van der Waals surface area contributed by atoms with Crippen molar-refractivity contribution in [3.8, 4) is 0 Å². The second-order valence-electron chi connectivity index (χ2n) is 30.4. The minimum atomic E-state index is -0.711. The van der Waals surface area contributed by atoms with Gasteiger partial charge in [0.2, 0.25) is 11.4 Å². The van der Waals surface area contributed by atoms with Crippen molar-refractivity contribution in [2.75, 3.05) is 138 Å². The van der Waals surface area contributed by atoms with Crippen LogP contribution in [0.15, 0.2) is 169 Å². The summed E-state index contributed by atoms with van der Waals surface area (Å²) in [6.45, 7) is 33.9. The minimum absolute atomic E-state index is 0.0314. The first kappa shape index (κ1) is 69.2. The number of hydrogen-bond acceptors (Lipinski definition) is 4. The number of allylic oxidation sites excluding steroid dienone is 8. The number of fused-ring (bicyclic) bond motifs is 4. The largest absolute Gasteiger partial charge is 0.481 e. The fourth-order valence-electron chi connectivity index (χ4n) is 15.0. The second-order valence-corrected chi connectivity index (χ2v) is 30.4. The topological polar surface area (TPSA) is 75.8 Å². The van der Waals surface area contributed by atoms with Gasteiger partial charge in [-0.15, -0.1) is 0 Å². The predicted molar refractivity (Wildman–Crippen MR) is 385 cm³/mol. The van der Waals surface area contributed by atoms with E-state index < -0.39 is 5.97 Å². The van der Waals surface area contributed by atoms with E-state index in [1.165, 1.54) is 79.2 Å². The Balaban J connectivity index is 0.000000233. The van der Waals surface area contributed by atoms with Crippen molar-refractivity contribution in [1.29, 1.82) is 0 Å². The monoisotopic (exact) mass is 1220 g/mol. The van der Waals surface area contributed by atoms with Gasteiger partial charge in [-0.1, -0.05) is 113 Å². The number of para-hydroxylation sites is 4. The normalized spacial score (nSPS) is 18.3. The maximum absolute atomic E-state index is 11.0. The summed E-state index contributed by atoms with van der Waals surface area (Å²) in [6.07, 6.45) is 18.5.